The van der Waals surface area contributed by atoms with Crippen molar-refractivity contribution in [1.82, 2.24) is 9.97 Å². The van der Waals surface area contributed by atoms with Gasteiger partial charge >= 0.3 is 0 Å². The molecule has 0 atom stereocenters. The first-order valence-corrected chi connectivity index (χ1v) is 4.96. The summed E-state index contributed by atoms with van der Waals surface area (Å²) in [5.41, 5.74) is 2.06. The highest BCUT2D eigenvalue weighted by Gasteiger charge is 1.98. The third-order valence-electron chi connectivity index (χ3n) is 1.99. The standard InChI is InChI=1S/C10H17N3O2/c1-8-7-12-10(13-9(8)2)11-3-5-15-6-4-14/h7,14H,3-6H2,1-2H3,(H,11,12,13). The summed E-state index contributed by atoms with van der Waals surface area (Å²) in [6, 6.07) is 0. The Morgan fingerprint density at radius 1 is 1.40 bits per heavy atom. The van der Waals surface area contributed by atoms with Crippen LogP contribution in [0, 0.1) is 13.8 Å². The average molecular weight is 211 g/mol. The summed E-state index contributed by atoms with van der Waals surface area (Å²) < 4.78 is 5.09. The lowest BCUT2D eigenvalue weighted by molar-refractivity contribution is 0.0991. The smallest absolute Gasteiger partial charge is 0.222 e. The Kier molecular flexibility index (Phi) is 5.00. The molecule has 5 nitrogen and oxygen atoms in total. The summed E-state index contributed by atoms with van der Waals surface area (Å²) in [5.74, 6) is 0.616. The van der Waals surface area contributed by atoms with Gasteiger partial charge in [0.25, 0.3) is 0 Å². The van der Waals surface area contributed by atoms with E-state index in [9.17, 15) is 0 Å². The molecule has 0 saturated heterocycles. The monoisotopic (exact) mass is 211 g/mol. The number of aliphatic hydroxyl groups excluding tert-OH is 1. The molecule has 0 radical (unpaired) electrons. The van der Waals surface area contributed by atoms with Crippen LogP contribution >= 0.6 is 0 Å². The quantitative estimate of drug-likeness (QED) is 0.671. The number of aromatic nitrogens is 2. The van der Waals surface area contributed by atoms with E-state index in [2.05, 4.69) is 15.3 Å². The second-order valence-corrected chi connectivity index (χ2v) is 3.22. The zero-order chi connectivity index (χ0) is 11.1. The van der Waals surface area contributed by atoms with Gasteiger partial charge in [0.15, 0.2) is 0 Å². The molecule has 84 valence electrons. The minimum atomic E-state index is 0.0557. The SMILES string of the molecule is Cc1cnc(NCCOCCO)nc1C. The normalized spacial score (nSPS) is 10.3. The molecule has 0 unspecified atom stereocenters. The molecule has 0 saturated carbocycles. The van der Waals surface area contributed by atoms with Gasteiger partial charge in [0.2, 0.25) is 5.95 Å². The van der Waals surface area contributed by atoms with Gasteiger partial charge in [-0.2, -0.15) is 0 Å². The number of nitrogens with zero attached hydrogens (tertiary/aromatic N) is 2. The lowest BCUT2D eigenvalue weighted by Gasteiger charge is -2.06. The zero-order valence-corrected chi connectivity index (χ0v) is 9.16. The van der Waals surface area contributed by atoms with Crippen molar-refractivity contribution in [2.45, 2.75) is 13.8 Å². The molecule has 0 fully saturated rings. The van der Waals surface area contributed by atoms with Crippen LogP contribution in [0.3, 0.4) is 0 Å². The Labute approximate surface area is 89.5 Å². The van der Waals surface area contributed by atoms with Crippen molar-refractivity contribution < 1.29 is 9.84 Å². The van der Waals surface area contributed by atoms with E-state index >= 15 is 0 Å². The summed E-state index contributed by atoms with van der Waals surface area (Å²) in [6.07, 6.45) is 1.79. The molecule has 1 aromatic heterocycles. The number of aryl methyl sites for hydroxylation is 2. The highest BCUT2D eigenvalue weighted by atomic mass is 16.5. The fourth-order valence-corrected chi connectivity index (χ4v) is 1.01. The molecule has 0 aliphatic heterocycles. The van der Waals surface area contributed by atoms with Crippen LogP contribution in [0.2, 0.25) is 0 Å². The highest BCUT2D eigenvalue weighted by Crippen LogP contribution is 2.04. The average Bonchev–Trinajstić information content (AvgIpc) is 2.23. The van der Waals surface area contributed by atoms with Crippen molar-refractivity contribution in [3.8, 4) is 0 Å². The molecule has 1 aromatic rings. The minimum Gasteiger partial charge on any atom is -0.394 e. The summed E-state index contributed by atoms with van der Waals surface area (Å²) in [7, 11) is 0. The number of hydrogen-bond acceptors (Lipinski definition) is 5. The van der Waals surface area contributed by atoms with Gasteiger partial charge < -0.3 is 15.2 Å². The van der Waals surface area contributed by atoms with Gasteiger partial charge in [-0.15, -0.1) is 0 Å². The maximum atomic E-state index is 8.48. The Balaban J connectivity index is 2.28. The fourth-order valence-electron chi connectivity index (χ4n) is 1.01. The van der Waals surface area contributed by atoms with E-state index in [1.807, 2.05) is 13.8 Å². The minimum absolute atomic E-state index is 0.0557. The Bertz CT molecular complexity index is 305. The van der Waals surface area contributed by atoms with Crippen LogP contribution in [0.1, 0.15) is 11.3 Å². The lowest BCUT2D eigenvalue weighted by Crippen LogP contribution is -2.13. The molecule has 0 bridgehead atoms. The van der Waals surface area contributed by atoms with Crippen molar-refractivity contribution in [1.29, 1.82) is 0 Å². The first kappa shape index (κ1) is 11.9. The van der Waals surface area contributed by atoms with E-state index in [1.54, 1.807) is 6.20 Å². The highest BCUT2D eigenvalue weighted by molar-refractivity contribution is 5.28. The van der Waals surface area contributed by atoms with Gasteiger partial charge in [0.05, 0.1) is 19.8 Å². The van der Waals surface area contributed by atoms with Crippen LogP contribution in [0.25, 0.3) is 0 Å². The predicted molar refractivity (Wildman–Crippen MR) is 57.9 cm³/mol. The number of aliphatic hydroxyl groups is 1. The fraction of sp³-hybridized carbons (Fsp3) is 0.600. The van der Waals surface area contributed by atoms with Crippen LogP contribution in [0.5, 0.6) is 0 Å². The van der Waals surface area contributed by atoms with Crippen molar-refractivity contribution in [3.63, 3.8) is 0 Å². The molecule has 2 N–H and O–H groups in total. The summed E-state index contributed by atoms with van der Waals surface area (Å²) in [5, 5.41) is 11.5. The summed E-state index contributed by atoms with van der Waals surface area (Å²) >= 11 is 0. The van der Waals surface area contributed by atoms with E-state index in [-0.39, 0.29) is 6.61 Å². The van der Waals surface area contributed by atoms with Crippen molar-refractivity contribution >= 4 is 5.95 Å². The van der Waals surface area contributed by atoms with E-state index in [0.717, 1.165) is 11.3 Å². The molecule has 1 heterocycles. The van der Waals surface area contributed by atoms with Crippen molar-refractivity contribution in [2.24, 2.45) is 0 Å². The van der Waals surface area contributed by atoms with Gasteiger partial charge in [-0.1, -0.05) is 0 Å². The molecule has 1 rings (SSSR count). The van der Waals surface area contributed by atoms with Crippen LogP contribution < -0.4 is 5.32 Å². The molecule has 0 spiro atoms. The third-order valence-corrected chi connectivity index (χ3v) is 1.99. The molecule has 0 amide bonds. The van der Waals surface area contributed by atoms with E-state index in [0.29, 0.717) is 25.7 Å². The van der Waals surface area contributed by atoms with Crippen molar-refractivity contribution in [2.75, 3.05) is 31.7 Å². The molecule has 0 aromatic carbocycles. The topological polar surface area (TPSA) is 67.3 Å². The van der Waals surface area contributed by atoms with Gasteiger partial charge in [-0.3, -0.25) is 0 Å². The second kappa shape index (κ2) is 6.31. The van der Waals surface area contributed by atoms with Crippen LogP contribution in [-0.4, -0.2) is 41.4 Å². The molecule has 0 aliphatic rings. The predicted octanol–water partition coefficient (Wildman–Crippen LogP) is 0.514. The lowest BCUT2D eigenvalue weighted by atomic mass is 10.3. The number of nitrogens with one attached hydrogen (secondary N) is 1. The van der Waals surface area contributed by atoms with Gasteiger partial charge in [0.1, 0.15) is 0 Å². The van der Waals surface area contributed by atoms with Crippen LogP contribution in [-0.2, 0) is 4.74 Å². The largest absolute Gasteiger partial charge is 0.394 e. The van der Waals surface area contributed by atoms with Crippen LogP contribution in [0.15, 0.2) is 6.20 Å². The van der Waals surface area contributed by atoms with Crippen LogP contribution in [0.4, 0.5) is 5.95 Å². The maximum absolute atomic E-state index is 8.48. The Hall–Kier alpha value is -1.20. The first-order chi connectivity index (χ1) is 7.24. The molecular weight excluding hydrogens is 194 g/mol. The number of ether oxygens (including phenoxy) is 1. The number of rotatable bonds is 6. The Morgan fingerprint density at radius 2 is 2.20 bits per heavy atom. The molecular formula is C10H17N3O2. The second-order valence-electron chi connectivity index (χ2n) is 3.22. The number of hydrogen-bond donors (Lipinski definition) is 2. The molecule has 15 heavy (non-hydrogen) atoms. The molecule has 5 heteroatoms. The van der Waals surface area contributed by atoms with Gasteiger partial charge in [-0.05, 0) is 19.4 Å². The third kappa shape index (κ3) is 4.22. The van der Waals surface area contributed by atoms with Crippen molar-refractivity contribution in [3.05, 3.63) is 17.5 Å². The Morgan fingerprint density at radius 3 is 2.87 bits per heavy atom. The van der Waals surface area contributed by atoms with E-state index in [1.165, 1.54) is 0 Å². The van der Waals surface area contributed by atoms with Gasteiger partial charge in [0, 0.05) is 18.4 Å². The number of anilines is 1. The van der Waals surface area contributed by atoms with E-state index in [4.69, 9.17) is 9.84 Å². The first-order valence-electron chi connectivity index (χ1n) is 4.96. The maximum Gasteiger partial charge on any atom is 0.222 e. The zero-order valence-electron chi connectivity index (χ0n) is 9.16. The summed E-state index contributed by atoms with van der Waals surface area (Å²) in [4.78, 5) is 8.39. The summed E-state index contributed by atoms with van der Waals surface area (Å²) in [6.45, 7) is 5.53. The molecule has 0 aliphatic carbocycles. The van der Waals surface area contributed by atoms with E-state index < -0.39 is 0 Å². The van der Waals surface area contributed by atoms with Gasteiger partial charge in [-0.25, -0.2) is 9.97 Å².